The first-order valence-corrected chi connectivity index (χ1v) is 7.31. The summed E-state index contributed by atoms with van der Waals surface area (Å²) in [5, 5.41) is 0. The summed E-state index contributed by atoms with van der Waals surface area (Å²) in [6, 6.07) is 11.4. The first-order chi connectivity index (χ1) is 7.36. The molecule has 0 aliphatic carbocycles. The Bertz CT molecular complexity index is 251. The standard InChI is InChI=1S/C12H20O2Si/c1-3-4-10-14-15(13-2)11-12-8-6-5-7-9-12/h5-9,15H,3-4,10-11H2,1-2H3. The summed E-state index contributed by atoms with van der Waals surface area (Å²) in [7, 11) is 0.285. The summed E-state index contributed by atoms with van der Waals surface area (Å²) in [4.78, 5) is 0. The third-order valence-electron chi connectivity index (χ3n) is 2.31. The molecule has 0 radical (unpaired) electrons. The largest absolute Gasteiger partial charge is 0.400 e. The quantitative estimate of drug-likeness (QED) is 0.523. The minimum Gasteiger partial charge on any atom is -0.400 e. The molecule has 0 amide bonds. The molecular weight excluding hydrogens is 204 g/mol. The fourth-order valence-corrected chi connectivity index (χ4v) is 2.88. The van der Waals surface area contributed by atoms with Crippen LogP contribution in [0.1, 0.15) is 25.3 Å². The van der Waals surface area contributed by atoms with Gasteiger partial charge in [0.25, 0.3) is 0 Å². The number of benzene rings is 1. The van der Waals surface area contributed by atoms with E-state index in [1.807, 2.05) is 6.07 Å². The normalized spacial score (nSPS) is 12.7. The molecule has 0 aliphatic heterocycles. The van der Waals surface area contributed by atoms with Crippen LogP contribution >= 0.6 is 0 Å². The van der Waals surface area contributed by atoms with E-state index < -0.39 is 9.28 Å². The molecule has 1 rings (SSSR count). The van der Waals surface area contributed by atoms with Gasteiger partial charge in [0.1, 0.15) is 0 Å². The lowest BCUT2D eigenvalue weighted by Crippen LogP contribution is -2.25. The fraction of sp³-hybridized carbons (Fsp3) is 0.500. The van der Waals surface area contributed by atoms with E-state index in [4.69, 9.17) is 8.85 Å². The minimum absolute atomic E-state index is 0.841. The maximum atomic E-state index is 5.75. The zero-order chi connectivity index (χ0) is 10.9. The molecule has 0 saturated heterocycles. The van der Waals surface area contributed by atoms with Crippen molar-refractivity contribution >= 4 is 9.28 Å². The van der Waals surface area contributed by atoms with Crippen molar-refractivity contribution in [3.8, 4) is 0 Å². The van der Waals surface area contributed by atoms with Crippen LogP contribution in [0.5, 0.6) is 0 Å². The third-order valence-corrected chi connectivity index (χ3v) is 4.25. The monoisotopic (exact) mass is 224 g/mol. The van der Waals surface area contributed by atoms with Gasteiger partial charge in [0, 0.05) is 19.8 Å². The van der Waals surface area contributed by atoms with Crippen LogP contribution in [0.25, 0.3) is 0 Å². The molecule has 0 spiro atoms. The van der Waals surface area contributed by atoms with Crippen LogP contribution in [0.15, 0.2) is 30.3 Å². The number of hydrogen-bond acceptors (Lipinski definition) is 2. The molecule has 0 fully saturated rings. The van der Waals surface area contributed by atoms with Crippen molar-refractivity contribution < 1.29 is 8.85 Å². The maximum absolute atomic E-state index is 5.75. The van der Waals surface area contributed by atoms with Crippen LogP contribution in [0, 0.1) is 0 Å². The van der Waals surface area contributed by atoms with E-state index in [1.165, 1.54) is 12.0 Å². The highest BCUT2D eigenvalue weighted by Crippen LogP contribution is 2.04. The van der Waals surface area contributed by atoms with Gasteiger partial charge >= 0.3 is 9.28 Å². The van der Waals surface area contributed by atoms with E-state index in [2.05, 4.69) is 31.2 Å². The Morgan fingerprint density at radius 1 is 1.20 bits per heavy atom. The molecule has 0 N–H and O–H groups in total. The van der Waals surface area contributed by atoms with Gasteiger partial charge in [0.05, 0.1) is 0 Å². The van der Waals surface area contributed by atoms with E-state index >= 15 is 0 Å². The zero-order valence-electron chi connectivity index (χ0n) is 9.61. The van der Waals surface area contributed by atoms with Gasteiger partial charge in [-0.25, -0.2) is 0 Å². The van der Waals surface area contributed by atoms with Crippen LogP contribution in [0.4, 0.5) is 0 Å². The summed E-state index contributed by atoms with van der Waals surface area (Å²) in [5.41, 5.74) is 1.31. The van der Waals surface area contributed by atoms with Gasteiger partial charge in [0.15, 0.2) is 0 Å². The molecule has 0 aromatic heterocycles. The second-order valence-corrected chi connectivity index (χ2v) is 5.65. The van der Waals surface area contributed by atoms with Crippen LogP contribution in [0.2, 0.25) is 0 Å². The van der Waals surface area contributed by atoms with Gasteiger partial charge in [-0.1, -0.05) is 43.7 Å². The molecular formula is C12H20O2Si. The van der Waals surface area contributed by atoms with Gasteiger partial charge < -0.3 is 8.85 Å². The molecule has 0 heterocycles. The van der Waals surface area contributed by atoms with Crippen molar-refractivity contribution in [1.29, 1.82) is 0 Å². The Hall–Kier alpha value is -0.643. The highest BCUT2D eigenvalue weighted by atomic mass is 28.3. The highest BCUT2D eigenvalue weighted by Gasteiger charge is 2.11. The molecule has 1 unspecified atom stereocenters. The van der Waals surface area contributed by atoms with E-state index in [0.29, 0.717) is 0 Å². The summed E-state index contributed by atoms with van der Waals surface area (Å²) in [5.74, 6) is 0. The molecule has 1 aromatic rings. The molecule has 84 valence electrons. The molecule has 15 heavy (non-hydrogen) atoms. The Labute approximate surface area is 94.1 Å². The van der Waals surface area contributed by atoms with E-state index in [0.717, 1.165) is 19.1 Å². The average molecular weight is 224 g/mol. The van der Waals surface area contributed by atoms with Crippen molar-refractivity contribution in [3.05, 3.63) is 35.9 Å². The predicted octanol–water partition coefficient (Wildman–Crippen LogP) is 2.45. The van der Waals surface area contributed by atoms with Crippen molar-refractivity contribution in [2.45, 2.75) is 25.8 Å². The van der Waals surface area contributed by atoms with Gasteiger partial charge in [-0.15, -0.1) is 0 Å². The number of unbranched alkanes of at least 4 members (excludes halogenated alkanes) is 1. The fourth-order valence-electron chi connectivity index (χ4n) is 1.38. The minimum atomic E-state index is -1.47. The zero-order valence-corrected chi connectivity index (χ0v) is 10.8. The van der Waals surface area contributed by atoms with Gasteiger partial charge in [-0.2, -0.15) is 0 Å². The summed E-state index contributed by atoms with van der Waals surface area (Å²) in [6.07, 6.45) is 2.30. The molecule has 1 aromatic carbocycles. The van der Waals surface area contributed by atoms with Crippen molar-refractivity contribution in [2.24, 2.45) is 0 Å². The van der Waals surface area contributed by atoms with E-state index in [9.17, 15) is 0 Å². The predicted molar refractivity (Wildman–Crippen MR) is 65.2 cm³/mol. The summed E-state index contributed by atoms with van der Waals surface area (Å²) >= 11 is 0. The van der Waals surface area contributed by atoms with Crippen LogP contribution in [-0.2, 0) is 14.9 Å². The Kier molecular flexibility index (Phi) is 6.32. The van der Waals surface area contributed by atoms with Crippen LogP contribution in [-0.4, -0.2) is 23.0 Å². The lowest BCUT2D eigenvalue weighted by atomic mass is 10.2. The average Bonchev–Trinajstić information content (AvgIpc) is 2.29. The molecule has 0 aliphatic rings. The van der Waals surface area contributed by atoms with Gasteiger partial charge in [0.2, 0.25) is 0 Å². The topological polar surface area (TPSA) is 18.5 Å². The Morgan fingerprint density at radius 2 is 1.93 bits per heavy atom. The van der Waals surface area contributed by atoms with Crippen LogP contribution < -0.4 is 0 Å². The van der Waals surface area contributed by atoms with Gasteiger partial charge in [-0.05, 0) is 12.0 Å². The first-order valence-electron chi connectivity index (χ1n) is 5.55. The van der Waals surface area contributed by atoms with Crippen molar-refractivity contribution in [2.75, 3.05) is 13.7 Å². The molecule has 3 heteroatoms. The van der Waals surface area contributed by atoms with E-state index in [1.54, 1.807) is 7.11 Å². The molecule has 2 nitrogen and oxygen atoms in total. The SMILES string of the molecule is CCCCO[SiH](Cc1ccccc1)OC. The lowest BCUT2D eigenvalue weighted by Gasteiger charge is -2.13. The molecule has 0 bridgehead atoms. The smallest absolute Gasteiger partial charge is 0.325 e. The first kappa shape index (κ1) is 12.4. The number of hydrogen-bond donors (Lipinski definition) is 0. The third kappa shape index (κ3) is 5.11. The summed E-state index contributed by atoms with van der Waals surface area (Å²) in [6.45, 7) is 3.01. The summed E-state index contributed by atoms with van der Waals surface area (Å²) < 4.78 is 11.2. The van der Waals surface area contributed by atoms with Crippen molar-refractivity contribution in [3.63, 3.8) is 0 Å². The van der Waals surface area contributed by atoms with E-state index in [-0.39, 0.29) is 0 Å². The van der Waals surface area contributed by atoms with Crippen LogP contribution in [0.3, 0.4) is 0 Å². The Morgan fingerprint density at radius 3 is 2.53 bits per heavy atom. The van der Waals surface area contributed by atoms with Gasteiger partial charge in [-0.3, -0.25) is 0 Å². The molecule has 0 saturated carbocycles. The molecule has 1 atom stereocenters. The highest BCUT2D eigenvalue weighted by molar-refractivity contribution is 6.43. The number of rotatable bonds is 7. The second-order valence-electron chi connectivity index (χ2n) is 3.58. The van der Waals surface area contributed by atoms with Crippen molar-refractivity contribution in [1.82, 2.24) is 0 Å². The lowest BCUT2D eigenvalue weighted by molar-refractivity contribution is 0.224. The Balaban J connectivity index is 2.33. The maximum Gasteiger partial charge on any atom is 0.325 e. The second kappa shape index (κ2) is 7.62.